The van der Waals surface area contributed by atoms with Crippen LogP contribution in [0.2, 0.25) is 0 Å². The average Bonchev–Trinajstić information content (AvgIpc) is 1.89. The number of hydrogen-bond acceptors (Lipinski definition) is 2. The fourth-order valence-corrected chi connectivity index (χ4v) is 2.55. The molecule has 2 nitrogen and oxygen atoms in total. The van der Waals surface area contributed by atoms with E-state index in [2.05, 4.69) is 0 Å². The van der Waals surface area contributed by atoms with Crippen LogP contribution in [0.1, 0.15) is 39.5 Å². The number of carbonyl (C=O) groups is 1. The van der Waals surface area contributed by atoms with Crippen molar-refractivity contribution >= 4 is 17.6 Å². The highest BCUT2D eigenvalue weighted by Gasteiger charge is 2.55. The largest absolute Gasteiger partial charge is 0.464 e. The maximum atomic E-state index is 11.3. The Labute approximate surface area is 90.0 Å². The summed E-state index contributed by atoms with van der Waals surface area (Å²) >= 11 is 5.82. The van der Waals surface area contributed by atoms with E-state index in [0.29, 0.717) is 12.0 Å². The van der Waals surface area contributed by atoms with Crippen molar-refractivity contribution < 1.29 is 9.53 Å². The van der Waals surface area contributed by atoms with Gasteiger partial charge in [-0.15, -0.1) is 11.6 Å². The molecule has 0 unspecified atom stereocenters. The number of esters is 1. The smallest absolute Gasteiger partial charge is 0.326 e. The molecule has 3 fully saturated rings. The molecule has 3 heteroatoms. The summed E-state index contributed by atoms with van der Waals surface area (Å²) in [5.41, 5.74) is 0.557. The first kappa shape index (κ1) is 10.3. The van der Waals surface area contributed by atoms with Crippen LogP contribution in [0.4, 0.5) is 0 Å². The molecule has 0 saturated heterocycles. The normalized spacial score (nSPS) is 34.4. The summed E-state index contributed by atoms with van der Waals surface area (Å²) in [6.07, 6.45) is 5.10. The summed E-state index contributed by atoms with van der Waals surface area (Å²) < 4.78 is 5.13. The maximum absolute atomic E-state index is 11.3. The first-order chi connectivity index (χ1) is 6.41. The van der Waals surface area contributed by atoms with Gasteiger partial charge in [0.05, 0.1) is 6.61 Å². The molecule has 3 rings (SSSR count). The van der Waals surface area contributed by atoms with Crippen molar-refractivity contribution in [1.82, 2.24) is 0 Å². The molecule has 3 saturated carbocycles. The molecule has 80 valence electrons. The van der Waals surface area contributed by atoms with E-state index >= 15 is 0 Å². The number of alkyl halides is 1. The van der Waals surface area contributed by atoms with E-state index in [9.17, 15) is 4.79 Å². The fourth-order valence-electron chi connectivity index (χ4n) is 2.50. The van der Waals surface area contributed by atoms with Crippen LogP contribution >= 0.6 is 11.6 Å². The zero-order valence-electron chi connectivity index (χ0n) is 8.81. The third kappa shape index (κ3) is 1.77. The molecular formula is C11H17ClO2. The van der Waals surface area contributed by atoms with Gasteiger partial charge >= 0.3 is 5.97 Å². The highest BCUT2D eigenvalue weighted by Crippen LogP contribution is 2.66. The van der Waals surface area contributed by atoms with Gasteiger partial charge in [-0.25, -0.2) is 0 Å². The lowest BCUT2D eigenvalue weighted by molar-refractivity contribution is -0.154. The average molecular weight is 217 g/mol. The number of rotatable bonds is 4. The third-order valence-electron chi connectivity index (χ3n) is 3.52. The van der Waals surface area contributed by atoms with Gasteiger partial charge in [0.2, 0.25) is 0 Å². The maximum Gasteiger partial charge on any atom is 0.326 e. The summed E-state index contributed by atoms with van der Waals surface area (Å²) in [7, 11) is 0. The van der Waals surface area contributed by atoms with E-state index in [4.69, 9.17) is 16.3 Å². The van der Waals surface area contributed by atoms with Crippen LogP contribution in [0.25, 0.3) is 0 Å². The molecule has 0 radical (unpaired) electrons. The van der Waals surface area contributed by atoms with Crippen molar-refractivity contribution in [2.75, 3.05) is 6.61 Å². The minimum absolute atomic E-state index is 0.300. The Morgan fingerprint density at radius 2 is 2.07 bits per heavy atom. The van der Waals surface area contributed by atoms with Gasteiger partial charge in [0.1, 0.15) is 4.87 Å². The summed E-state index contributed by atoms with van der Waals surface area (Å²) in [4.78, 5) is 10.4. The topological polar surface area (TPSA) is 26.3 Å². The lowest BCUT2D eigenvalue weighted by Crippen LogP contribution is -2.52. The second-order valence-electron chi connectivity index (χ2n) is 5.34. The lowest BCUT2D eigenvalue weighted by Gasteiger charge is -2.62. The zero-order chi connectivity index (χ0) is 10.4. The van der Waals surface area contributed by atoms with Crippen LogP contribution in [0.5, 0.6) is 0 Å². The second-order valence-corrected chi connectivity index (χ2v) is 6.28. The Morgan fingerprint density at radius 3 is 2.43 bits per heavy atom. The molecule has 14 heavy (non-hydrogen) atoms. The van der Waals surface area contributed by atoms with E-state index < -0.39 is 4.87 Å². The minimum Gasteiger partial charge on any atom is -0.464 e. The molecule has 0 aromatic rings. The second kappa shape index (κ2) is 3.13. The molecule has 0 aliphatic heterocycles. The van der Waals surface area contributed by atoms with E-state index in [1.807, 2.05) is 0 Å². The summed E-state index contributed by atoms with van der Waals surface area (Å²) in [5, 5.41) is 0. The van der Waals surface area contributed by atoms with Gasteiger partial charge in [0, 0.05) is 0 Å². The number of ether oxygens (including phenoxy) is 1. The van der Waals surface area contributed by atoms with E-state index in [1.165, 1.54) is 19.3 Å². The van der Waals surface area contributed by atoms with Crippen LogP contribution in [0.15, 0.2) is 0 Å². The zero-order valence-corrected chi connectivity index (χ0v) is 9.56. The van der Waals surface area contributed by atoms with Gasteiger partial charge in [0.15, 0.2) is 0 Å². The Kier molecular flexibility index (Phi) is 2.30. The van der Waals surface area contributed by atoms with Gasteiger partial charge in [-0.05, 0) is 50.9 Å². The Hall–Kier alpha value is -0.240. The molecule has 0 N–H and O–H groups in total. The first-order valence-electron chi connectivity index (χ1n) is 5.27. The number of hydrogen-bond donors (Lipinski definition) is 0. The van der Waals surface area contributed by atoms with Crippen LogP contribution in [-0.2, 0) is 9.53 Å². The Bertz CT molecular complexity index is 237. The van der Waals surface area contributed by atoms with Crippen LogP contribution in [0.3, 0.4) is 0 Å². The van der Waals surface area contributed by atoms with E-state index in [0.717, 1.165) is 12.3 Å². The molecule has 3 aliphatic carbocycles. The van der Waals surface area contributed by atoms with Gasteiger partial charge in [-0.3, -0.25) is 4.79 Å². The van der Waals surface area contributed by atoms with E-state index in [1.54, 1.807) is 13.8 Å². The highest BCUT2D eigenvalue weighted by molar-refractivity contribution is 6.33. The van der Waals surface area contributed by atoms with Gasteiger partial charge in [-0.2, -0.15) is 0 Å². The molecule has 3 aliphatic rings. The van der Waals surface area contributed by atoms with Crippen molar-refractivity contribution in [3.05, 3.63) is 0 Å². The van der Waals surface area contributed by atoms with E-state index in [-0.39, 0.29) is 5.97 Å². The first-order valence-corrected chi connectivity index (χ1v) is 5.65. The summed E-state index contributed by atoms with van der Waals surface area (Å²) in [5.74, 6) is 0.695. The third-order valence-corrected chi connectivity index (χ3v) is 3.67. The van der Waals surface area contributed by atoms with Gasteiger partial charge < -0.3 is 4.74 Å². The standard InChI is InChI=1S/C11H17ClO2/c1-10(2,12)9(13)14-4-3-11-5-8(6-11)7-11/h8H,3-7H2,1-2H3. The summed E-state index contributed by atoms with van der Waals surface area (Å²) in [6.45, 7) is 3.87. The number of halogens is 1. The molecule has 0 aromatic carbocycles. The summed E-state index contributed by atoms with van der Waals surface area (Å²) in [6, 6.07) is 0. The molecule has 0 spiro atoms. The van der Waals surface area contributed by atoms with Crippen LogP contribution < -0.4 is 0 Å². The predicted octanol–water partition coefficient (Wildman–Crippen LogP) is 2.74. The van der Waals surface area contributed by atoms with Crippen LogP contribution in [-0.4, -0.2) is 17.5 Å². The highest BCUT2D eigenvalue weighted by atomic mass is 35.5. The Morgan fingerprint density at radius 1 is 1.50 bits per heavy atom. The van der Waals surface area contributed by atoms with Gasteiger partial charge in [0.25, 0.3) is 0 Å². The predicted molar refractivity (Wildman–Crippen MR) is 55.3 cm³/mol. The van der Waals surface area contributed by atoms with Crippen molar-refractivity contribution in [1.29, 1.82) is 0 Å². The molecule has 0 atom stereocenters. The Balaban J connectivity index is 1.65. The number of carbonyl (C=O) groups excluding carboxylic acids is 1. The van der Waals surface area contributed by atoms with Crippen molar-refractivity contribution in [3.8, 4) is 0 Å². The minimum atomic E-state index is -0.876. The molecule has 0 heterocycles. The monoisotopic (exact) mass is 216 g/mol. The molecule has 0 aromatic heterocycles. The van der Waals surface area contributed by atoms with Gasteiger partial charge in [-0.1, -0.05) is 0 Å². The van der Waals surface area contributed by atoms with Crippen molar-refractivity contribution in [3.63, 3.8) is 0 Å². The SMILES string of the molecule is CC(C)(Cl)C(=O)OCCC12CC(C1)C2. The molecular weight excluding hydrogens is 200 g/mol. The lowest BCUT2D eigenvalue weighted by atomic mass is 9.43. The van der Waals surface area contributed by atoms with Crippen molar-refractivity contribution in [2.45, 2.75) is 44.4 Å². The van der Waals surface area contributed by atoms with Crippen LogP contribution in [0, 0.1) is 11.3 Å². The fraction of sp³-hybridized carbons (Fsp3) is 0.909. The molecule has 0 amide bonds. The molecule has 2 bridgehead atoms. The quantitative estimate of drug-likeness (QED) is 0.534. The van der Waals surface area contributed by atoms with Crippen molar-refractivity contribution in [2.24, 2.45) is 11.3 Å².